The molecule has 3 aromatic carbocycles. The summed E-state index contributed by atoms with van der Waals surface area (Å²) in [5.74, 6) is -0.532. The van der Waals surface area contributed by atoms with E-state index in [1.165, 1.54) is 94.2 Å². The summed E-state index contributed by atoms with van der Waals surface area (Å²) in [6.07, 6.45) is 14.8. The Morgan fingerprint density at radius 2 is 0.717 bits per heavy atom. The van der Waals surface area contributed by atoms with Crippen molar-refractivity contribution in [2.24, 2.45) is 0 Å². The van der Waals surface area contributed by atoms with Crippen LogP contribution >= 0.6 is 0 Å². The summed E-state index contributed by atoms with van der Waals surface area (Å²) < 4.78 is 38.3. The Hall–Kier alpha value is -3.21. The molecule has 0 unspecified atom stereocenters. The van der Waals surface area contributed by atoms with Crippen LogP contribution in [-0.2, 0) is 0 Å². The van der Waals surface area contributed by atoms with E-state index in [1.54, 1.807) is 18.2 Å². The van der Waals surface area contributed by atoms with E-state index in [0.717, 1.165) is 56.0 Å². The van der Waals surface area contributed by atoms with Gasteiger partial charge in [-0.3, -0.25) is 0 Å². The minimum Gasteiger partial charge on any atom is -0.402 e. The highest BCUT2D eigenvalue weighted by Gasteiger charge is 1.96. The average Bonchev–Trinajstić information content (AvgIpc) is 3.01. The molecular formula is C36H57BF3N3O3. The average molecular weight is 648 g/mol. The van der Waals surface area contributed by atoms with Crippen molar-refractivity contribution in [3.05, 3.63) is 90.2 Å². The third kappa shape index (κ3) is 28.3. The molecule has 0 aromatic heterocycles. The predicted molar refractivity (Wildman–Crippen MR) is 190 cm³/mol. The van der Waals surface area contributed by atoms with Crippen molar-refractivity contribution >= 4 is 24.4 Å². The summed E-state index contributed by atoms with van der Waals surface area (Å²) in [6.45, 7) is 9.39. The number of unbranched alkanes of at least 4 members (excludes halogenated alkanes) is 9. The van der Waals surface area contributed by atoms with Crippen LogP contribution in [0.2, 0.25) is 0 Å². The van der Waals surface area contributed by atoms with E-state index in [9.17, 15) is 13.2 Å². The third-order valence-corrected chi connectivity index (χ3v) is 6.55. The van der Waals surface area contributed by atoms with Gasteiger partial charge in [-0.25, -0.2) is 13.2 Å². The quantitative estimate of drug-likeness (QED) is 0.0609. The molecule has 10 heteroatoms. The van der Waals surface area contributed by atoms with E-state index in [-0.39, 0.29) is 17.5 Å². The third-order valence-electron chi connectivity index (χ3n) is 6.55. The highest BCUT2D eigenvalue weighted by molar-refractivity contribution is 6.30. The van der Waals surface area contributed by atoms with Gasteiger partial charge >= 0.3 is 7.32 Å². The molecule has 6 nitrogen and oxygen atoms in total. The smallest absolute Gasteiger partial charge is 0.402 e. The van der Waals surface area contributed by atoms with Gasteiger partial charge in [0.1, 0.15) is 17.5 Å². The molecule has 3 rings (SSSR count). The molecule has 0 radical (unpaired) electrons. The maximum Gasteiger partial charge on any atom is 0.631 e. The zero-order valence-electron chi connectivity index (χ0n) is 28.1. The van der Waals surface area contributed by atoms with E-state index in [4.69, 9.17) is 15.1 Å². The van der Waals surface area contributed by atoms with Crippen LogP contribution < -0.4 is 16.0 Å². The fourth-order valence-corrected chi connectivity index (χ4v) is 4.15. The van der Waals surface area contributed by atoms with Crippen molar-refractivity contribution in [3.8, 4) is 0 Å². The summed E-state index contributed by atoms with van der Waals surface area (Å²) in [5, 5.41) is 31.1. The second kappa shape index (κ2) is 30.4. The molecule has 0 bridgehead atoms. The van der Waals surface area contributed by atoms with Crippen LogP contribution in [0.5, 0.6) is 0 Å². The van der Waals surface area contributed by atoms with Crippen molar-refractivity contribution in [2.75, 3.05) is 35.6 Å². The number of hydrogen-bond donors (Lipinski definition) is 6. The fraction of sp³-hybridized carbons (Fsp3) is 0.500. The van der Waals surface area contributed by atoms with E-state index in [1.807, 2.05) is 18.2 Å². The maximum atomic E-state index is 12.8. The number of halogens is 3. The molecule has 0 aliphatic heterocycles. The first-order valence-corrected chi connectivity index (χ1v) is 16.7. The van der Waals surface area contributed by atoms with Gasteiger partial charge in [0.25, 0.3) is 0 Å². The van der Waals surface area contributed by atoms with Crippen LogP contribution in [0.1, 0.15) is 97.8 Å². The van der Waals surface area contributed by atoms with Crippen LogP contribution in [-0.4, -0.2) is 42.0 Å². The molecule has 0 saturated heterocycles. The number of benzene rings is 3. The van der Waals surface area contributed by atoms with E-state index in [0.29, 0.717) is 0 Å². The fourth-order valence-electron chi connectivity index (χ4n) is 4.15. The van der Waals surface area contributed by atoms with E-state index in [2.05, 4.69) is 36.7 Å². The molecule has 0 fully saturated rings. The molecule has 0 amide bonds. The summed E-state index contributed by atoms with van der Waals surface area (Å²) in [4.78, 5) is 0. The zero-order chi connectivity index (χ0) is 34.3. The van der Waals surface area contributed by atoms with Gasteiger partial charge in [-0.2, -0.15) is 0 Å². The normalized spacial score (nSPS) is 9.85. The van der Waals surface area contributed by atoms with Crippen LogP contribution in [0.3, 0.4) is 0 Å². The van der Waals surface area contributed by atoms with Gasteiger partial charge in [0, 0.05) is 36.7 Å². The summed E-state index contributed by atoms with van der Waals surface area (Å²) in [7, 11) is -2.17. The van der Waals surface area contributed by atoms with E-state index >= 15 is 0 Å². The van der Waals surface area contributed by atoms with Gasteiger partial charge in [0.05, 0.1) is 0 Å². The van der Waals surface area contributed by atoms with Gasteiger partial charge in [-0.1, -0.05) is 96.8 Å². The molecule has 3 aromatic rings. The second-order valence-electron chi connectivity index (χ2n) is 10.8. The first-order chi connectivity index (χ1) is 22.2. The lowest BCUT2D eigenvalue weighted by Gasteiger charge is -2.05. The molecule has 46 heavy (non-hydrogen) atoms. The highest BCUT2D eigenvalue weighted by atomic mass is 19.1. The lowest BCUT2D eigenvalue weighted by Crippen LogP contribution is -2.07. The van der Waals surface area contributed by atoms with Gasteiger partial charge in [-0.05, 0) is 73.9 Å². The molecule has 0 aliphatic carbocycles. The van der Waals surface area contributed by atoms with Gasteiger partial charge in [0.15, 0.2) is 0 Å². The summed E-state index contributed by atoms with van der Waals surface area (Å²) in [6, 6.07) is 19.8. The summed E-state index contributed by atoms with van der Waals surface area (Å²) in [5.41, 5.74) is 2.63. The van der Waals surface area contributed by atoms with Gasteiger partial charge < -0.3 is 31.0 Å². The number of hydrogen-bond acceptors (Lipinski definition) is 6. The Morgan fingerprint density at radius 3 is 0.935 bits per heavy atom. The van der Waals surface area contributed by atoms with Crippen LogP contribution in [0, 0.1) is 17.5 Å². The molecule has 0 spiro atoms. The molecule has 0 saturated carbocycles. The summed E-state index contributed by atoms with van der Waals surface area (Å²) >= 11 is 0. The Morgan fingerprint density at radius 1 is 0.457 bits per heavy atom. The first kappa shape index (κ1) is 42.8. The second-order valence-corrected chi connectivity index (χ2v) is 10.8. The zero-order valence-corrected chi connectivity index (χ0v) is 28.1. The predicted octanol–water partition coefficient (Wildman–Crippen LogP) is 9.40. The molecule has 0 atom stereocenters. The molecule has 0 heterocycles. The topological polar surface area (TPSA) is 96.8 Å². The largest absolute Gasteiger partial charge is 0.631 e. The molecule has 0 aliphatic rings. The molecular weight excluding hydrogens is 590 g/mol. The van der Waals surface area contributed by atoms with E-state index < -0.39 is 7.32 Å². The van der Waals surface area contributed by atoms with Crippen molar-refractivity contribution in [3.63, 3.8) is 0 Å². The van der Waals surface area contributed by atoms with Crippen LogP contribution in [0.25, 0.3) is 0 Å². The van der Waals surface area contributed by atoms with Gasteiger partial charge in [0.2, 0.25) is 0 Å². The Labute approximate surface area is 276 Å². The van der Waals surface area contributed by atoms with Crippen molar-refractivity contribution in [2.45, 2.75) is 97.8 Å². The standard InChI is InChI=1S/3C12H18FN.BH3O3/c3*1-2-3-4-5-9-14-12-8-6-7-11(13)10-12;2-1(3)4/h3*6-8,10,14H,2-5,9H2,1H3;2-4H. The Kier molecular flexibility index (Phi) is 28.3. The highest BCUT2D eigenvalue weighted by Crippen LogP contribution is 2.11. The minimum absolute atomic E-state index is 0.177. The van der Waals surface area contributed by atoms with Crippen molar-refractivity contribution in [1.82, 2.24) is 0 Å². The lowest BCUT2D eigenvalue weighted by atomic mass is 10.2. The molecule has 258 valence electrons. The minimum atomic E-state index is -2.17. The van der Waals surface area contributed by atoms with Crippen molar-refractivity contribution in [1.29, 1.82) is 0 Å². The first-order valence-electron chi connectivity index (χ1n) is 16.7. The van der Waals surface area contributed by atoms with Crippen LogP contribution in [0.4, 0.5) is 30.2 Å². The Balaban J connectivity index is 0.000000623. The van der Waals surface area contributed by atoms with Crippen LogP contribution in [0.15, 0.2) is 72.8 Å². The lowest BCUT2D eigenvalue weighted by molar-refractivity contribution is 0.278. The number of anilines is 3. The van der Waals surface area contributed by atoms with Gasteiger partial charge in [-0.15, -0.1) is 0 Å². The molecule has 6 N–H and O–H groups in total. The maximum absolute atomic E-state index is 12.8. The SMILES string of the molecule is CCCCCCNc1cccc(F)c1.CCCCCCNc1cccc(F)c1.CCCCCCNc1cccc(F)c1.OB(O)O. The monoisotopic (exact) mass is 647 g/mol. The Bertz CT molecular complexity index is 978. The number of nitrogens with one attached hydrogen (secondary N) is 3. The van der Waals surface area contributed by atoms with Crippen molar-refractivity contribution < 1.29 is 28.2 Å². The number of rotatable bonds is 18.